The van der Waals surface area contributed by atoms with E-state index in [1.165, 1.54) is 12.8 Å². The SMILES string of the molecule is CC(C)CC1CC1(C)N. The van der Waals surface area contributed by atoms with Crippen molar-refractivity contribution >= 4 is 0 Å². The van der Waals surface area contributed by atoms with Crippen LogP contribution in [-0.2, 0) is 0 Å². The molecule has 1 nitrogen and oxygen atoms in total. The van der Waals surface area contributed by atoms with E-state index < -0.39 is 0 Å². The predicted molar refractivity (Wildman–Crippen MR) is 40.2 cm³/mol. The van der Waals surface area contributed by atoms with Crippen molar-refractivity contribution in [3.05, 3.63) is 0 Å². The maximum atomic E-state index is 5.86. The summed E-state index contributed by atoms with van der Waals surface area (Å²) in [5.41, 5.74) is 6.06. The van der Waals surface area contributed by atoms with Crippen molar-refractivity contribution in [1.29, 1.82) is 0 Å². The van der Waals surface area contributed by atoms with Gasteiger partial charge in [-0.1, -0.05) is 13.8 Å². The number of rotatable bonds is 2. The highest BCUT2D eigenvalue weighted by Crippen LogP contribution is 2.44. The Kier molecular flexibility index (Phi) is 1.55. The molecule has 2 unspecified atom stereocenters. The Bertz CT molecular complexity index is 105. The lowest BCUT2D eigenvalue weighted by molar-refractivity contribution is 0.498. The fourth-order valence-electron chi connectivity index (χ4n) is 1.39. The van der Waals surface area contributed by atoms with Crippen LogP contribution in [0, 0.1) is 11.8 Å². The minimum Gasteiger partial charge on any atom is -0.325 e. The van der Waals surface area contributed by atoms with Crippen LogP contribution in [-0.4, -0.2) is 5.54 Å². The summed E-state index contributed by atoms with van der Waals surface area (Å²) < 4.78 is 0. The van der Waals surface area contributed by atoms with E-state index in [4.69, 9.17) is 5.73 Å². The minimum atomic E-state index is 0.199. The first-order chi connectivity index (χ1) is 4.02. The Morgan fingerprint density at radius 1 is 1.67 bits per heavy atom. The maximum Gasteiger partial charge on any atom is 0.0158 e. The number of hydrogen-bond donors (Lipinski definition) is 1. The topological polar surface area (TPSA) is 26.0 Å². The van der Waals surface area contributed by atoms with Gasteiger partial charge in [0.2, 0.25) is 0 Å². The quantitative estimate of drug-likeness (QED) is 0.601. The van der Waals surface area contributed by atoms with Gasteiger partial charge in [0, 0.05) is 5.54 Å². The molecule has 0 aromatic rings. The van der Waals surface area contributed by atoms with Crippen LogP contribution in [0.5, 0.6) is 0 Å². The summed E-state index contributed by atoms with van der Waals surface area (Å²) in [6.07, 6.45) is 2.55. The van der Waals surface area contributed by atoms with Gasteiger partial charge in [-0.05, 0) is 31.6 Å². The van der Waals surface area contributed by atoms with Crippen molar-refractivity contribution in [2.24, 2.45) is 17.6 Å². The molecule has 2 N–H and O–H groups in total. The second kappa shape index (κ2) is 1.98. The standard InChI is InChI=1S/C8H17N/c1-6(2)4-7-5-8(7,3)9/h6-7H,4-5,9H2,1-3H3. The Hall–Kier alpha value is -0.0400. The second-order valence-electron chi connectivity index (χ2n) is 4.04. The Balaban J connectivity index is 2.20. The van der Waals surface area contributed by atoms with Gasteiger partial charge in [0.25, 0.3) is 0 Å². The van der Waals surface area contributed by atoms with Crippen LogP contribution >= 0.6 is 0 Å². The highest BCUT2D eigenvalue weighted by Gasteiger charge is 2.45. The summed E-state index contributed by atoms with van der Waals surface area (Å²) in [6.45, 7) is 6.67. The van der Waals surface area contributed by atoms with E-state index in [2.05, 4.69) is 20.8 Å². The van der Waals surface area contributed by atoms with E-state index in [0.29, 0.717) is 0 Å². The Morgan fingerprint density at radius 2 is 2.11 bits per heavy atom. The summed E-state index contributed by atoms with van der Waals surface area (Å²) in [5.74, 6) is 1.64. The Morgan fingerprint density at radius 3 is 2.22 bits per heavy atom. The van der Waals surface area contributed by atoms with Crippen molar-refractivity contribution in [1.82, 2.24) is 0 Å². The average molecular weight is 127 g/mol. The average Bonchev–Trinajstić information content (AvgIpc) is 2.10. The summed E-state index contributed by atoms with van der Waals surface area (Å²) in [7, 11) is 0. The van der Waals surface area contributed by atoms with Crippen LogP contribution in [0.4, 0.5) is 0 Å². The van der Waals surface area contributed by atoms with Crippen LogP contribution < -0.4 is 5.73 Å². The molecule has 1 saturated carbocycles. The zero-order chi connectivity index (χ0) is 7.07. The molecule has 0 aromatic heterocycles. The van der Waals surface area contributed by atoms with Gasteiger partial charge >= 0.3 is 0 Å². The van der Waals surface area contributed by atoms with Crippen molar-refractivity contribution in [3.8, 4) is 0 Å². The van der Waals surface area contributed by atoms with E-state index in [9.17, 15) is 0 Å². The van der Waals surface area contributed by atoms with E-state index >= 15 is 0 Å². The maximum absolute atomic E-state index is 5.86. The molecule has 0 heterocycles. The molecule has 0 aliphatic heterocycles. The predicted octanol–water partition coefficient (Wildman–Crippen LogP) is 1.77. The molecular formula is C8H17N. The van der Waals surface area contributed by atoms with Crippen LogP contribution in [0.15, 0.2) is 0 Å². The van der Waals surface area contributed by atoms with Crippen LogP contribution in [0.1, 0.15) is 33.6 Å². The monoisotopic (exact) mass is 127 g/mol. The molecule has 1 aliphatic rings. The summed E-state index contributed by atoms with van der Waals surface area (Å²) in [4.78, 5) is 0. The second-order valence-corrected chi connectivity index (χ2v) is 4.04. The third-order valence-corrected chi connectivity index (χ3v) is 2.21. The van der Waals surface area contributed by atoms with Gasteiger partial charge in [0.1, 0.15) is 0 Å². The summed E-state index contributed by atoms with van der Waals surface area (Å²) >= 11 is 0. The first-order valence-corrected chi connectivity index (χ1v) is 3.81. The molecular weight excluding hydrogens is 110 g/mol. The highest BCUT2D eigenvalue weighted by molar-refractivity contribution is 5.03. The van der Waals surface area contributed by atoms with E-state index in [-0.39, 0.29) is 5.54 Å². The zero-order valence-electron chi connectivity index (χ0n) is 6.65. The van der Waals surface area contributed by atoms with Gasteiger partial charge in [0.15, 0.2) is 0 Å². The molecule has 1 heteroatoms. The number of nitrogens with two attached hydrogens (primary N) is 1. The summed E-state index contributed by atoms with van der Waals surface area (Å²) in [5, 5.41) is 0. The molecule has 0 radical (unpaired) electrons. The molecule has 1 fully saturated rings. The lowest BCUT2D eigenvalue weighted by Crippen LogP contribution is -2.20. The smallest absolute Gasteiger partial charge is 0.0158 e. The van der Waals surface area contributed by atoms with Gasteiger partial charge in [-0.3, -0.25) is 0 Å². The van der Waals surface area contributed by atoms with Gasteiger partial charge in [0.05, 0.1) is 0 Å². The lowest BCUT2D eigenvalue weighted by Gasteiger charge is -2.05. The third-order valence-electron chi connectivity index (χ3n) is 2.21. The zero-order valence-corrected chi connectivity index (χ0v) is 6.65. The third kappa shape index (κ3) is 1.68. The van der Waals surface area contributed by atoms with Gasteiger partial charge in [-0.15, -0.1) is 0 Å². The minimum absolute atomic E-state index is 0.199. The fraction of sp³-hybridized carbons (Fsp3) is 1.00. The first-order valence-electron chi connectivity index (χ1n) is 3.81. The largest absolute Gasteiger partial charge is 0.325 e. The first kappa shape index (κ1) is 7.07. The van der Waals surface area contributed by atoms with Crippen molar-refractivity contribution in [3.63, 3.8) is 0 Å². The lowest BCUT2D eigenvalue weighted by atomic mass is 10.0. The summed E-state index contributed by atoms with van der Waals surface area (Å²) in [6, 6.07) is 0. The molecule has 0 saturated heterocycles. The number of hydrogen-bond acceptors (Lipinski definition) is 1. The van der Waals surface area contributed by atoms with Crippen LogP contribution in [0.3, 0.4) is 0 Å². The van der Waals surface area contributed by atoms with Crippen LogP contribution in [0.2, 0.25) is 0 Å². The van der Waals surface area contributed by atoms with Crippen LogP contribution in [0.25, 0.3) is 0 Å². The molecule has 54 valence electrons. The van der Waals surface area contributed by atoms with Gasteiger partial charge in [-0.25, -0.2) is 0 Å². The van der Waals surface area contributed by atoms with Gasteiger partial charge < -0.3 is 5.73 Å². The van der Waals surface area contributed by atoms with E-state index in [0.717, 1.165) is 11.8 Å². The molecule has 2 atom stereocenters. The molecule has 1 aliphatic carbocycles. The normalized spacial score (nSPS) is 41.7. The van der Waals surface area contributed by atoms with Crippen molar-refractivity contribution in [2.75, 3.05) is 0 Å². The molecule has 9 heavy (non-hydrogen) atoms. The van der Waals surface area contributed by atoms with Gasteiger partial charge in [-0.2, -0.15) is 0 Å². The Labute approximate surface area is 57.6 Å². The molecule has 0 bridgehead atoms. The molecule has 0 amide bonds. The highest BCUT2D eigenvalue weighted by atomic mass is 14.8. The molecule has 0 spiro atoms. The fourth-order valence-corrected chi connectivity index (χ4v) is 1.39. The molecule has 1 rings (SSSR count). The van der Waals surface area contributed by atoms with E-state index in [1.54, 1.807) is 0 Å². The van der Waals surface area contributed by atoms with E-state index in [1.807, 2.05) is 0 Å². The van der Waals surface area contributed by atoms with Crippen molar-refractivity contribution in [2.45, 2.75) is 39.2 Å². The van der Waals surface area contributed by atoms with Crippen molar-refractivity contribution < 1.29 is 0 Å². The molecule has 0 aromatic carbocycles.